The highest BCUT2D eigenvalue weighted by molar-refractivity contribution is 6.09. The fraction of sp³-hybridized carbons (Fsp3) is 0.413. The lowest BCUT2D eigenvalue weighted by Gasteiger charge is -2.42. The number of nitrogens with zero attached hydrogens (tertiary/aromatic N) is 7. The van der Waals surface area contributed by atoms with Crippen molar-refractivity contribution in [1.82, 2.24) is 29.9 Å². The number of aromatic hydroxyl groups is 1. The molecule has 0 bridgehead atoms. The zero-order valence-electron chi connectivity index (χ0n) is 34.9. The Labute approximate surface area is 358 Å². The summed E-state index contributed by atoms with van der Waals surface area (Å²) in [6.45, 7) is 6.94. The molecule has 62 heavy (non-hydrogen) atoms. The van der Waals surface area contributed by atoms with Crippen LogP contribution in [0.3, 0.4) is 0 Å². The molecule has 0 spiro atoms. The Bertz CT molecular complexity index is 2540. The van der Waals surface area contributed by atoms with E-state index in [-0.39, 0.29) is 55.6 Å². The van der Waals surface area contributed by atoms with E-state index in [4.69, 9.17) is 10.5 Å². The van der Waals surface area contributed by atoms with E-state index in [0.29, 0.717) is 61.8 Å². The number of nitrogens with two attached hydrogens (primary N) is 1. The van der Waals surface area contributed by atoms with Crippen molar-refractivity contribution in [2.24, 2.45) is 5.92 Å². The monoisotopic (exact) mass is 847 g/mol. The molecule has 4 aliphatic rings. The molecule has 9 rings (SSSR count). The van der Waals surface area contributed by atoms with Crippen LogP contribution < -0.4 is 20.9 Å². The number of urea groups is 1. The second-order valence-electron chi connectivity index (χ2n) is 17.0. The van der Waals surface area contributed by atoms with Crippen LogP contribution in [0.5, 0.6) is 5.75 Å². The summed E-state index contributed by atoms with van der Waals surface area (Å²) in [6.07, 6.45) is 1.70. The topological polar surface area (TPSA) is 162 Å². The number of carbonyl (C=O) groups is 3. The number of likely N-dealkylation sites (tertiary alicyclic amines) is 2. The van der Waals surface area contributed by atoms with E-state index in [2.05, 4.69) is 42.9 Å². The lowest BCUT2D eigenvalue weighted by molar-refractivity contribution is -0.120. The lowest BCUT2D eigenvalue weighted by Crippen LogP contribution is -2.54. The van der Waals surface area contributed by atoms with Crippen molar-refractivity contribution in [3.8, 4) is 17.0 Å². The third-order valence-corrected chi connectivity index (χ3v) is 13.1. The second kappa shape index (κ2) is 16.6. The van der Waals surface area contributed by atoms with Gasteiger partial charge in [0.05, 0.1) is 35.7 Å². The summed E-state index contributed by atoms with van der Waals surface area (Å²) in [5.41, 5.74) is 12.9. The maximum Gasteiger partial charge on any atom is 0.328 e. The summed E-state index contributed by atoms with van der Waals surface area (Å²) < 4.78 is 40.3. The van der Waals surface area contributed by atoms with Crippen LogP contribution in [0.2, 0.25) is 0 Å². The van der Waals surface area contributed by atoms with Crippen LogP contribution in [0.15, 0.2) is 72.8 Å². The average Bonchev–Trinajstić information content (AvgIpc) is 3.60. The van der Waals surface area contributed by atoms with Gasteiger partial charge in [-0.25, -0.2) is 13.6 Å². The van der Waals surface area contributed by atoms with E-state index in [1.807, 2.05) is 43.3 Å². The number of aryl methyl sites for hydroxylation is 2. The maximum atomic E-state index is 15.9. The molecule has 3 aromatic carbocycles. The molecular formula is C46H51F2N9O5. The van der Waals surface area contributed by atoms with Gasteiger partial charge < -0.3 is 34.8 Å². The van der Waals surface area contributed by atoms with E-state index in [1.165, 1.54) is 4.90 Å². The maximum absolute atomic E-state index is 15.9. The SMILES string of the molecule is Cc1cc(C(=O)N2CC[C@@H](CN3CCC(n4c(C)cc5c(N6CCC(=O)NC6=O)cccc54)CC3)C(F)(F)C2)ccc1[C@H]1CN(c2cc(-c3ccccc3O)nnc2N)CCO1. The van der Waals surface area contributed by atoms with Gasteiger partial charge in [-0.2, -0.15) is 0 Å². The molecule has 4 amide bonds. The Balaban J connectivity index is 0.806. The van der Waals surface area contributed by atoms with E-state index in [9.17, 15) is 19.5 Å². The molecule has 0 aliphatic carbocycles. The molecule has 2 atom stereocenters. The number of phenols is 1. The number of imide groups is 1. The van der Waals surface area contributed by atoms with Crippen molar-refractivity contribution in [2.75, 3.05) is 74.5 Å². The Hall–Kier alpha value is -6.13. The number of piperidine rings is 2. The number of halogens is 2. The van der Waals surface area contributed by atoms with Crippen LogP contribution in [0.1, 0.15) is 65.0 Å². The smallest absolute Gasteiger partial charge is 0.328 e. The number of anilines is 3. The molecule has 4 N–H and O–H groups in total. The minimum atomic E-state index is -3.04. The predicted molar refractivity (Wildman–Crippen MR) is 231 cm³/mol. The Morgan fingerprint density at radius 2 is 1.74 bits per heavy atom. The summed E-state index contributed by atoms with van der Waals surface area (Å²) in [4.78, 5) is 45.3. The lowest BCUT2D eigenvalue weighted by atomic mass is 9.90. The van der Waals surface area contributed by atoms with Crippen molar-refractivity contribution in [3.63, 3.8) is 0 Å². The van der Waals surface area contributed by atoms with Gasteiger partial charge >= 0.3 is 6.03 Å². The summed E-state index contributed by atoms with van der Waals surface area (Å²) in [7, 11) is 0. The summed E-state index contributed by atoms with van der Waals surface area (Å²) in [6, 6.07) is 21.7. The quantitative estimate of drug-likeness (QED) is 0.158. The molecule has 0 unspecified atom stereocenters. The van der Waals surface area contributed by atoms with Gasteiger partial charge in [-0.3, -0.25) is 19.8 Å². The van der Waals surface area contributed by atoms with Gasteiger partial charge in [0.2, 0.25) is 5.91 Å². The van der Waals surface area contributed by atoms with Crippen molar-refractivity contribution < 1.29 is 33.0 Å². The van der Waals surface area contributed by atoms with Crippen molar-refractivity contribution in [3.05, 3.63) is 95.2 Å². The first kappa shape index (κ1) is 41.2. The Morgan fingerprint density at radius 1 is 0.935 bits per heavy atom. The highest BCUT2D eigenvalue weighted by atomic mass is 19.3. The number of hydrogen-bond acceptors (Lipinski definition) is 10. The first-order valence-corrected chi connectivity index (χ1v) is 21.3. The number of hydrogen-bond donors (Lipinski definition) is 3. The zero-order valence-corrected chi connectivity index (χ0v) is 34.9. The third kappa shape index (κ3) is 7.92. The third-order valence-electron chi connectivity index (χ3n) is 13.1. The first-order chi connectivity index (χ1) is 29.8. The van der Waals surface area contributed by atoms with Gasteiger partial charge in [0, 0.05) is 86.4 Å². The predicted octanol–water partition coefficient (Wildman–Crippen LogP) is 6.46. The van der Waals surface area contributed by atoms with Crippen molar-refractivity contribution in [2.45, 2.75) is 57.6 Å². The molecule has 14 nitrogen and oxygen atoms in total. The van der Waals surface area contributed by atoms with Crippen LogP contribution in [-0.4, -0.2) is 112 Å². The number of nitrogens with one attached hydrogen (secondary N) is 1. The molecule has 2 aromatic heterocycles. The number of alkyl halides is 2. The fourth-order valence-electron chi connectivity index (χ4n) is 9.81. The molecule has 16 heteroatoms. The molecule has 4 saturated heterocycles. The fourth-order valence-corrected chi connectivity index (χ4v) is 9.81. The summed E-state index contributed by atoms with van der Waals surface area (Å²) in [5.74, 6) is -4.25. The van der Waals surface area contributed by atoms with Crippen LogP contribution in [0.4, 0.5) is 30.8 Å². The first-order valence-electron chi connectivity index (χ1n) is 21.3. The molecular weight excluding hydrogens is 797 g/mol. The number of carbonyl (C=O) groups excluding carboxylic acids is 3. The minimum absolute atomic E-state index is 0.0890. The van der Waals surface area contributed by atoms with Crippen LogP contribution in [0.25, 0.3) is 22.2 Å². The number of para-hydroxylation sites is 1. The number of benzene rings is 3. The average molecular weight is 848 g/mol. The van der Waals surface area contributed by atoms with Crippen LogP contribution >= 0.6 is 0 Å². The number of fused-ring (bicyclic) bond motifs is 1. The number of morpholine rings is 1. The molecule has 0 saturated carbocycles. The number of phenolic OH excluding ortho intramolecular Hbond substituents is 1. The second-order valence-corrected chi connectivity index (χ2v) is 17.0. The molecule has 4 fully saturated rings. The minimum Gasteiger partial charge on any atom is -0.507 e. The number of aromatic nitrogens is 3. The summed E-state index contributed by atoms with van der Waals surface area (Å²) >= 11 is 0. The van der Waals surface area contributed by atoms with E-state index in [0.717, 1.165) is 46.3 Å². The van der Waals surface area contributed by atoms with Gasteiger partial charge in [-0.15, -0.1) is 10.2 Å². The highest BCUT2D eigenvalue weighted by Gasteiger charge is 2.47. The number of amides is 4. The van der Waals surface area contributed by atoms with Gasteiger partial charge in [-0.1, -0.05) is 24.3 Å². The van der Waals surface area contributed by atoms with E-state index >= 15 is 8.78 Å². The van der Waals surface area contributed by atoms with Gasteiger partial charge in [0.25, 0.3) is 11.8 Å². The van der Waals surface area contributed by atoms with Crippen molar-refractivity contribution in [1.29, 1.82) is 0 Å². The Morgan fingerprint density at radius 3 is 2.50 bits per heavy atom. The van der Waals surface area contributed by atoms with Crippen LogP contribution in [0, 0.1) is 19.8 Å². The molecule has 324 valence electrons. The van der Waals surface area contributed by atoms with Gasteiger partial charge in [0.1, 0.15) is 11.9 Å². The van der Waals surface area contributed by atoms with Gasteiger partial charge in [0.15, 0.2) is 5.82 Å². The van der Waals surface area contributed by atoms with Crippen molar-refractivity contribution >= 4 is 45.9 Å². The molecule has 0 radical (unpaired) electrons. The Kier molecular flexibility index (Phi) is 11.1. The largest absolute Gasteiger partial charge is 0.507 e. The number of ether oxygens (including phenoxy) is 1. The number of rotatable bonds is 8. The van der Waals surface area contributed by atoms with Gasteiger partial charge in [-0.05, 0) is 92.8 Å². The van der Waals surface area contributed by atoms with Crippen LogP contribution in [-0.2, 0) is 9.53 Å². The van der Waals surface area contributed by atoms with E-state index < -0.39 is 30.3 Å². The van der Waals surface area contributed by atoms with E-state index in [1.54, 1.807) is 35.2 Å². The normalized spacial score (nSPS) is 21.4. The zero-order chi connectivity index (χ0) is 43.3. The summed E-state index contributed by atoms with van der Waals surface area (Å²) in [5, 5.41) is 22.1. The number of nitrogen functional groups attached to an aromatic ring is 1. The standard InChI is InChI=1S/C46H51F2N9O5/c1-28-22-30(10-11-33(28)41-26-54(20-21-62-41)39-24-36(51-52-43(39)49)34-6-3-4-9-40(34)58)44(60)55-18-12-31(46(47,48)27-55)25-53-16-13-32(14-17-53)57-29(2)23-35-37(7-5-8-38(35)57)56-19-15-42(59)50-45(56)61/h3-11,22-24,31-32,41,58H,12-21,25-27H2,1-2H3,(H2,49,52)(H,50,59,61)/t31-,41+/m0/s1. The molecule has 4 aliphatic heterocycles. The molecule has 5 aromatic rings. The highest BCUT2D eigenvalue weighted by Crippen LogP contribution is 2.39. The molecule has 6 heterocycles.